The molecule has 0 aliphatic rings. The average molecular weight is 253 g/mol. The molecule has 0 bridgehead atoms. The highest BCUT2D eigenvalue weighted by Crippen LogP contribution is 2.18. The number of hydrogen-bond donors (Lipinski definition) is 1. The molecule has 2 N–H and O–H groups in total. The van der Waals surface area contributed by atoms with Crippen molar-refractivity contribution in [2.75, 3.05) is 5.75 Å². The summed E-state index contributed by atoms with van der Waals surface area (Å²) in [5.41, 5.74) is 8.22. The molecule has 1 aromatic carbocycles. The van der Waals surface area contributed by atoms with Crippen molar-refractivity contribution in [2.45, 2.75) is 31.9 Å². The van der Waals surface area contributed by atoms with Gasteiger partial charge in [0.15, 0.2) is 0 Å². The second-order valence-electron chi connectivity index (χ2n) is 4.17. The molecule has 0 aliphatic heterocycles. The molecule has 0 aromatic heterocycles. The third-order valence-electron chi connectivity index (χ3n) is 2.41. The average Bonchev–Trinajstić information content (AvgIpc) is 2.25. The van der Waals surface area contributed by atoms with Crippen LogP contribution in [0.15, 0.2) is 24.3 Å². The molecule has 0 atom stereocenters. The van der Waals surface area contributed by atoms with Crippen LogP contribution in [0.25, 0.3) is 0 Å². The Hall–Kier alpha value is -0.540. The van der Waals surface area contributed by atoms with Gasteiger partial charge in [-0.25, -0.2) is 0 Å². The Bertz CT molecular complexity index is 330. The number of nitrogens with two attached hydrogens (primary N) is 1. The maximum absolute atomic E-state index is 5.44. The van der Waals surface area contributed by atoms with Gasteiger partial charge < -0.3 is 5.73 Å². The Balaban J connectivity index is 2.35. The molecule has 0 fully saturated rings. The van der Waals surface area contributed by atoms with E-state index < -0.39 is 0 Å². The molecule has 1 nitrogen and oxygen atoms in total. The van der Waals surface area contributed by atoms with E-state index in [1.165, 1.54) is 11.1 Å². The number of thiocarbonyl (C=S) groups is 1. The monoisotopic (exact) mass is 253 g/mol. The fourth-order valence-electron chi connectivity index (χ4n) is 1.36. The molecule has 0 heterocycles. The molecule has 1 rings (SSSR count). The van der Waals surface area contributed by atoms with Gasteiger partial charge in [0.2, 0.25) is 0 Å². The van der Waals surface area contributed by atoms with Crippen LogP contribution in [0.2, 0.25) is 0 Å². The van der Waals surface area contributed by atoms with Crippen molar-refractivity contribution in [2.24, 2.45) is 5.73 Å². The molecule has 0 aliphatic carbocycles. The van der Waals surface area contributed by atoms with Crippen molar-refractivity contribution >= 4 is 29.0 Å². The lowest BCUT2D eigenvalue weighted by Crippen LogP contribution is -2.08. The highest BCUT2D eigenvalue weighted by molar-refractivity contribution is 7.98. The fraction of sp³-hybridized carbons (Fsp3) is 0.462. The van der Waals surface area contributed by atoms with Crippen LogP contribution < -0.4 is 5.73 Å². The standard InChI is InChI=1S/C13H19NS2/c1-10(2)12-5-3-11(4-6-12)9-16-8-7-13(14)15/h3-6,10H,7-9H2,1-2H3,(H2,14,15). The Labute approximate surface area is 108 Å². The summed E-state index contributed by atoms with van der Waals surface area (Å²) < 4.78 is 0. The Morgan fingerprint density at radius 2 is 1.94 bits per heavy atom. The first-order valence-electron chi connectivity index (χ1n) is 5.54. The van der Waals surface area contributed by atoms with E-state index in [0.29, 0.717) is 10.9 Å². The minimum atomic E-state index is 0.608. The molecule has 16 heavy (non-hydrogen) atoms. The highest BCUT2D eigenvalue weighted by atomic mass is 32.2. The first-order chi connectivity index (χ1) is 7.59. The van der Waals surface area contributed by atoms with Gasteiger partial charge >= 0.3 is 0 Å². The molecule has 0 spiro atoms. The van der Waals surface area contributed by atoms with E-state index in [4.69, 9.17) is 18.0 Å². The van der Waals surface area contributed by atoms with Crippen LogP contribution in [0.3, 0.4) is 0 Å². The first kappa shape index (κ1) is 13.5. The van der Waals surface area contributed by atoms with Crippen molar-refractivity contribution in [1.29, 1.82) is 0 Å². The van der Waals surface area contributed by atoms with E-state index in [2.05, 4.69) is 38.1 Å². The quantitative estimate of drug-likeness (QED) is 0.618. The molecule has 0 amide bonds. The van der Waals surface area contributed by atoms with Gasteiger partial charge in [-0.3, -0.25) is 0 Å². The molecule has 0 radical (unpaired) electrons. The minimum Gasteiger partial charge on any atom is -0.393 e. The Morgan fingerprint density at radius 1 is 1.31 bits per heavy atom. The van der Waals surface area contributed by atoms with Crippen LogP contribution in [0.5, 0.6) is 0 Å². The van der Waals surface area contributed by atoms with Gasteiger partial charge in [0.25, 0.3) is 0 Å². The van der Waals surface area contributed by atoms with Crippen LogP contribution in [0.1, 0.15) is 37.3 Å². The summed E-state index contributed by atoms with van der Waals surface area (Å²) in [7, 11) is 0. The summed E-state index contributed by atoms with van der Waals surface area (Å²) in [6.45, 7) is 4.43. The van der Waals surface area contributed by atoms with Crippen molar-refractivity contribution in [3.05, 3.63) is 35.4 Å². The maximum Gasteiger partial charge on any atom is 0.0735 e. The predicted molar refractivity (Wildman–Crippen MR) is 78.1 cm³/mol. The van der Waals surface area contributed by atoms with Crippen LogP contribution in [0.4, 0.5) is 0 Å². The normalized spacial score (nSPS) is 10.7. The summed E-state index contributed by atoms with van der Waals surface area (Å²) >= 11 is 6.72. The van der Waals surface area contributed by atoms with Crippen LogP contribution in [-0.2, 0) is 5.75 Å². The van der Waals surface area contributed by atoms with Crippen molar-refractivity contribution in [3.8, 4) is 0 Å². The number of hydrogen-bond acceptors (Lipinski definition) is 2. The van der Waals surface area contributed by atoms with Crippen molar-refractivity contribution < 1.29 is 0 Å². The maximum atomic E-state index is 5.44. The van der Waals surface area contributed by atoms with E-state index in [1.54, 1.807) is 0 Å². The molecule has 0 saturated carbocycles. The predicted octanol–water partition coefficient (Wildman–Crippen LogP) is 3.72. The second kappa shape index (κ2) is 6.92. The van der Waals surface area contributed by atoms with Gasteiger partial charge in [0.05, 0.1) is 4.99 Å². The van der Waals surface area contributed by atoms with Crippen molar-refractivity contribution in [3.63, 3.8) is 0 Å². The zero-order valence-electron chi connectivity index (χ0n) is 9.90. The zero-order valence-corrected chi connectivity index (χ0v) is 11.5. The van der Waals surface area contributed by atoms with Gasteiger partial charge in [-0.05, 0) is 22.8 Å². The number of benzene rings is 1. The summed E-state index contributed by atoms with van der Waals surface area (Å²) in [6.07, 6.45) is 0.837. The lowest BCUT2D eigenvalue weighted by atomic mass is 10.0. The van der Waals surface area contributed by atoms with Crippen LogP contribution in [-0.4, -0.2) is 10.7 Å². The lowest BCUT2D eigenvalue weighted by molar-refractivity contribution is 0.866. The van der Waals surface area contributed by atoms with Crippen LogP contribution >= 0.6 is 24.0 Å². The third-order valence-corrected chi connectivity index (χ3v) is 3.64. The topological polar surface area (TPSA) is 26.0 Å². The number of thioether (sulfide) groups is 1. The first-order valence-corrected chi connectivity index (χ1v) is 7.10. The summed E-state index contributed by atoms with van der Waals surface area (Å²) in [5, 5.41) is 0. The zero-order chi connectivity index (χ0) is 12.0. The summed E-state index contributed by atoms with van der Waals surface area (Å²) in [5.74, 6) is 2.67. The largest absolute Gasteiger partial charge is 0.393 e. The Morgan fingerprint density at radius 3 is 2.44 bits per heavy atom. The molecule has 3 heteroatoms. The summed E-state index contributed by atoms with van der Waals surface area (Å²) in [4.78, 5) is 0.614. The van der Waals surface area contributed by atoms with E-state index in [1.807, 2.05) is 11.8 Å². The molecular formula is C13H19NS2. The lowest BCUT2D eigenvalue weighted by Gasteiger charge is -2.06. The smallest absolute Gasteiger partial charge is 0.0735 e. The van der Waals surface area contributed by atoms with E-state index in [-0.39, 0.29) is 0 Å². The fourth-order valence-corrected chi connectivity index (χ4v) is 2.53. The molecule has 1 aromatic rings. The van der Waals surface area contributed by atoms with Gasteiger partial charge in [-0.2, -0.15) is 11.8 Å². The van der Waals surface area contributed by atoms with E-state index >= 15 is 0 Å². The van der Waals surface area contributed by atoms with E-state index in [0.717, 1.165) is 17.9 Å². The van der Waals surface area contributed by atoms with E-state index in [9.17, 15) is 0 Å². The Kier molecular flexibility index (Phi) is 5.85. The SMILES string of the molecule is CC(C)c1ccc(CSCCC(N)=S)cc1. The van der Waals surface area contributed by atoms with Crippen molar-refractivity contribution in [1.82, 2.24) is 0 Å². The molecule has 0 saturated heterocycles. The molecule has 88 valence electrons. The van der Waals surface area contributed by atoms with Gasteiger partial charge in [0.1, 0.15) is 0 Å². The molecule has 0 unspecified atom stereocenters. The van der Waals surface area contributed by atoms with Crippen LogP contribution in [0, 0.1) is 0 Å². The summed E-state index contributed by atoms with van der Waals surface area (Å²) in [6, 6.07) is 8.86. The minimum absolute atomic E-state index is 0.608. The second-order valence-corrected chi connectivity index (χ2v) is 5.79. The van der Waals surface area contributed by atoms with Gasteiger partial charge in [-0.15, -0.1) is 0 Å². The number of rotatable bonds is 6. The van der Waals surface area contributed by atoms with Gasteiger partial charge in [0, 0.05) is 12.2 Å². The third kappa shape index (κ3) is 4.99. The highest BCUT2D eigenvalue weighted by Gasteiger charge is 1.99. The molecular weight excluding hydrogens is 234 g/mol. The van der Waals surface area contributed by atoms with Gasteiger partial charge in [-0.1, -0.05) is 50.3 Å².